The summed E-state index contributed by atoms with van der Waals surface area (Å²) in [4.78, 5) is 11.4. The predicted octanol–water partition coefficient (Wildman–Crippen LogP) is 2.33. The minimum atomic E-state index is -0.510. The normalized spacial score (nSPS) is 11.8. The lowest BCUT2D eigenvalue weighted by Crippen LogP contribution is -2.33. The summed E-state index contributed by atoms with van der Waals surface area (Å²) in [6.45, 7) is 2.27. The molecular formula is C17H20N2O2. The van der Waals surface area contributed by atoms with E-state index in [9.17, 15) is 4.79 Å². The van der Waals surface area contributed by atoms with Gasteiger partial charge in [0, 0.05) is 13.6 Å². The number of nitrogens with one attached hydrogen (secondary N) is 1. The number of carbonyl (C=O) groups is 1. The van der Waals surface area contributed by atoms with Crippen LogP contribution in [0.3, 0.4) is 0 Å². The highest BCUT2D eigenvalue weighted by molar-refractivity contribution is 5.80. The lowest BCUT2D eigenvalue weighted by molar-refractivity contribution is -0.126. The van der Waals surface area contributed by atoms with E-state index in [1.54, 1.807) is 14.0 Å². The first-order valence-electron chi connectivity index (χ1n) is 6.91. The minimum Gasteiger partial charge on any atom is -0.481 e. The maximum absolute atomic E-state index is 11.4. The van der Waals surface area contributed by atoms with Crippen molar-refractivity contribution in [1.29, 1.82) is 0 Å². The zero-order valence-corrected chi connectivity index (χ0v) is 12.3. The molecule has 4 heteroatoms. The number of hydrogen-bond donors (Lipinski definition) is 2. The maximum atomic E-state index is 11.4. The molecule has 1 atom stereocenters. The molecule has 21 heavy (non-hydrogen) atoms. The number of rotatable bonds is 5. The van der Waals surface area contributed by atoms with Gasteiger partial charge in [-0.1, -0.05) is 36.4 Å². The third-order valence-corrected chi connectivity index (χ3v) is 3.31. The van der Waals surface area contributed by atoms with Crippen molar-refractivity contribution in [2.45, 2.75) is 19.6 Å². The first kappa shape index (κ1) is 15.1. The van der Waals surface area contributed by atoms with Gasteiger partial charge in [-0.25, -0.2) is 0 Å². The van der Waals surface area contributed by atoms with Crippen LogP contribution >= 0.6 is 0 Å². The van der Waals surface area contributed by atoms with Crippen LogP contribution < -0.4 is 15.8 Å². The Labute approximate surface area is 124 Å². The molecule has 1 unspecified atom stereocenters. The topological polar surface area (TPSA) is 64.3 Å². The molecule has 0 fully saturated rings. The van der Waals surface area contributed by atoms with Crippen molar-refractivity contribution in [3.8, 4) is 16.9 Å². The van der Waals surface area contributed by atoms with Crippen LogP contribution in [0, 0.1) is 0 Å². The number of likely N-dealkylation sites (N-methyl/N-ethyl adjacent to an activating group) is 1. The Kier molecular flexibility index (Phi) is 4.95. The lowest BCUT2D eigenvalue weighted by Gasteiger charge is -2.13. The second-order valence-corrected chi connectivity index (χ2v) is 4.80. The van der Waals surface area contributed by atoms with Gasteiger partial charge in [0.15, 0.2) is 6.10 Å². The molecule has 2 aromatic carbocycles. The van der Waals surface area contributed by atoms with Gasteiger partial charge in [-0.05, 0) is 35.7 Å². The Morgan fingerprint density at radius 1 is 1.10 bits per heavy atom. The van der Waals surface area contributed by atoms with Crippen molar-refractivity contribution in [1.82, 2.24) is 5.32 Å². The van der Waals surface area contributed by atoms with Crippen LogP contribution in [0.5, 0.6) is 5.75 Å². The number of hydrogen-bond acceptors (Lipinski definition) is 3. The van der Waals surface area contributed by atoms with Crippen molar-refractivity contribution < 1.29 is 9.53 Å². The highest BCUT2D eigenvalue weighted by Gasteiger charge is 2.12. The molecule has 4 nitrogen and oxygen atoms in total. The SMILES string of the molecule is CNC(=O)C(C)Oc1ccc(-c2ccc(CN)cc2)cc1. The second-order valence-electron chi connectivity index (χ2n) is 4.80. The third kappa shape index (κ3) is 3.83. The van der Waals surface area contributed by atoms with Crippen LogP contribution in [-0.4, -0.2) is 19.1 Å². The summed E-state index contributed by atoms with van der Waals surface area (Å²) in [6, 6.07) is 15.8. The Bertz CT molecular complexity index is 591. The molecule has 0 spiro atoms. The molecular weight excluding hydrogens is 264 g/mol. The highest BCUT2D eigenvalue weighted by Crippen LogP contribution is 2.23. The molecule has 0 saturated heterocycles. The van der Waals surface area contributed by atoms with Crippen LogP contribution in [0.4, 0.5) is 0 Å². The van der Waals surface area contributed by atoms with Gasteiger partial charge < -0.3 is 15.8 Å². The van der Waals surface area contributed by atoms with Crippen LogP contribution in [0.15, 0.2) is 48.5 Å². The molecule has 0 radical (unpaired) electrons. The monoisotopic (exact) mass is 284 g/mol. The van der Waals surface area contributed by atoms with E-state index in [4.69, 9.17) is 10.5 Å². The molecule has 0 saturated carbocycles. The van der Waals surface area contributed by atoms with Crippen LogP contribution in [0.1, 0.15) is 12.5 Å². The van der Waals surface area contributed by atoms with E-state index in [1.165, 1.54) is 0 Å². The first-order chi connectivity index (χ1) is 10.1. The smallest absolute Gasteiger partial charge is 0.260 e. The highest BCUT2D eigenvalue weighted by atomic mass is 16.5. The molecule has 2 rings (SSSR count). The van der Waals surface area contributed by atoms with Crippen LogP contribution in [0.25, 0.3) is 11.1 Å². The average Bonchev–Trinajstić information content (AvgIpc) is 2.55. The predicted molar refractivity (Wildman–Crippen MR) is 83.9 cm³/mol. The summed E-state index contributed by atoms with van der Waals surface area (Å²) in [5, 5.41) is 2.56. The Hall–Kier alpha value is -2.33. The quantitative estimate of drug-likeness (QED) is 0.885. The van der Waals surface area contributed by atoms with Gasteiger partial charge in [-0.2, -0.15) is 0 Å². The van der Waals surface area contributed by atoms with Gasteiger partial charge in [0.1, 0.15) is 5.75 Å². The van der Waals surface area contributed by atoms with E-state index in [1.807, 2.05) is 48.5 Å². The molecule has 0 bridgehead atoms. The third-order valence-electron chi connectivity index (χ3n) is 3.31. The number of ether oxygens (including phenoxy) is 1. The van der Waals surface area contributed by atoms with Gasteiger partial charge in [0.25, 0.3) is 5.91 Å². The number of benzene rings is 2. The van der Waals surface area contributed by atoms with Gasteiger partial charge in [0.2, 0.25) is 0 Å². The molecule has 110 valence electrons. The standard InChI is InChI=1S/C17H20N2O2/c1-12(17(20)19-2)21-16-9-7-15(8-10-16)14-5-3-13(11-18)4-6-14/h3-10,12H,11,18H2,1-2H3,(H,19,20). The molecule has 1 amide bonds. The summed E-state index contributed by atoms with van der Waals surface area (Å²) in [5.41, 5.74) is 8.92. The van der Waals surface area contributed by atoms with Crippen molar-refractivity contribution >= 4 is 5.91 Å². The zero-order chi connectivity index (χ0) is 15.2. The van der Waals surface area contributed by atoms with Crippen LogP contribution in [0.2, 0.25) is 0 Å². The summed E-state index contributed by atoms with van der Waals surface area (Å²) in [6.07, 6.45) is -0.510. The van der Waals surface area contributed by atoms with Gasteiger partial charge in [0.05, 0.1) is 0 Å². The van der Waals surface area contributed by atoms with Crippen molar-refractivity contribution in [2.24, 2.45) is 5.73 Å². The fourth-order valence-electron chi connectivity index (χ4n) is 2.02. The zero-order valence-electron chi connectivity index (χ0n) is 12.3. The van der Waals surface area contributed by atoms with E-state index >= 15 is 0 Å². The van der Waals surface area contributed by atoms with E-state index in [-0.39, 0.29) is 5.91 Å². The molecule has 2 aromatic rings. The van der Waals surface area contributed by atoms with E-state index < -0.39 is 6.10 Å². The fraction of sp³-hybridized carbons (Fsp3) is 0.235. The second kappa shape index (κ2) is 6.90. The summed E-state index contributed by atoms with van der Waals surface area (Å²) in [5.74, 6) is 0.532. The molecule has 0 heterocycles. The maximum Gasteiger partial charge on any atom is 0.260 e. The Morgan fingerprint density at radius 3 is 2.10 bits per heavy atom. The van der Waals surface area contributed by atoms with Crippen LogP contribution in [-0.2, 0) is 11.3 Å². The summed E-state index contributed by atoms with van der Waals surface area (Å²) in [7, 11) is 1.59. The van der Waals surface area contributed by atoms with E-state index in [0.29, 0.717) is 12.3 Å². The van der Waals surface area contributed by atoms with Crippen molar-refractivity contribution in [2.75, 3.05) is 7.05 Å². The van der Waals surface area contributed by atoms with Gasteiger partial charge >= 0.3 is 0 Å². The molecule has 0 aliphatic rings. The number of carbonyl (C=O) groups excluding carboxylic acids is 1. The molecule has 3 N–H and O–H groups in total. The van der Waals surface area contributed by atoms with Gasteiger partial charge in [-0.3, -0.25) is 4.79 Å². The lowest BCUT2D eigenvalue weighted by atomic mass is 10.0. The van der Waals surface area contributed by atoms with E-state index in [2.05, 4.69) is 5.32 Å². The van der Waals surface area contributed by atoms with Crippen molar-refractivity contribution in [3.63, 3.8) is 0 Å². The Balaban J connectivity index is 2.09. The molecule has 0 aliphatic heterocycles. The fourth-order valence-corrected chi connectivity index (χ4v) is 2.02. The Morgan fingerprint density at radius 2 is 1.62 bits per heavy atom. The number of amides is 1. The van der Waals surface area contributed by atoms with E-state index in [0.717, 1.165) is 16.7 Å². The van der Waals surface area contributed by atoms with Gasteiger partial charge in [-0.15, -0.1) is 0 Å². The summed E-state index contributed by atoms with van der Waals surface area (Å²) >= 11 is 0. The van der Waals surface area contributed by atoms with Crippen molar-refractivity contribution in [3.05, 3.63) is 54.1 Å². The minimum absolute atomic E-state index is 0.142. The largest absolute Gasteiger partial charge is 0.481 e. The number of nitrogens with two attached hydrogens (primary N) is 1. The average molecular weight is 284 g/mol. The summed E-state index contributed by atoms with van der Waals surface area (Å²) < 4.78 is 5.57. The molecule has 0 aromatic heterocycles. The molecule has 0 aliphatic carbocycles. The first-order valence-corrected chi connectivity index (χ1v) is 6.91.